The Morgan fingerprint density at radius 3 is 2.79 bits per heavy atom. The molecular weight excluding hydrogens is 212 g/mol. The minimum Gasteiger partial charge on any atom is -0.262 e. The van der Waals surface area contributed by atoms with Crippen molar-refractivity contribution < 1.29 is 0 Å². The molecule has 2 nitrogen and oxygen atoms in total. The van der Waals surface area contributed by atoms with Gasteiger partial charge in [-0.25, -0.2) is 0 Å². The topological polar surface area (TPSA) is 17.8 Å². The van der Waals surface area contributed by atoms with Crippen LogP contribution >= 0.6 is 24.4 Å². The molecule has 0 atom stereocenters. The van der Waals surface area contributed by atoms with Gasteiger partial charge in [-0.1, -0.05) is 6.42 Å². The first-order chi connectivity index (χ1) is 6.74. The van der Waals surface area contributed by atoms with E-state index < -0.39 is 0 Å². The van der Waals surface area contributed by atoms with E-state index in [1.54, 1.807) is 0 Å². The maximum Gasteiger partial charge on any atom is 0.0939 e. The van der Waals surface area contributed by atoms with Crippen molar-refractivity contribution >= 4 is 24.4 Å². The molecule has 0 N–H and O–H groups in total. The summed E-state index contributed by atoms with van der Waals surface area (Å²) in [4.78, 5) is 0. The van der Waals surface area contributed by atoms with Gasteiger partial charge in [-0.2, -0.15) is 17.7 Å². The zero-order valence-corrected chi connectivity index (χ0v) is 10.6. The Kier molecular flexibility index (Phi) is 5.48. The van der Waals surface area contributed by atoms with E-state index in [4.69, 9.17) is 0 Å². The highest BCUT2D eigenvalue weighted by atomic mass is 32.2. The summed E-state index contributed by atoms with van der Waals surface area (Å²) < 4.78 is 1.96. The number of unbranched alkanes of at least 4 members (excludes halogenated alkanes) is 2. The van der Waals surface area contributed by atoms with Gasteiger partial charge in [0.2, 0.25) is 0 Å². The van der Waals surface area contributed by atoms with Crippen LogP contribution in [0.15, 0.2) is 11.1 Å². The van der Waals surface area contributed by atoms with E-state index in [0.717, 1.165) is 11.4 Å². The number of nitrogens with zero attached hydrogens (tertiary/aromatic N) is 2. The Labute approximate surface area is 95.9 Å². The number of aromatic nitrogens is 2. The summed E-state index contributed by atoms with van der Waals surface area (Å²) in [5.74, 6) is 2.20. The number of hydrogen-bond acceptors (Lipinski definition) is 3. The highest BCUT2D eigenvalue weighted by molar-refractivity contribution is 7.99. The van der Waals surface area contributed by atoms with E-state index in [-0.39, 0.29) is 0 Å². The lowest BCUT2D eigenvalue weighted by Gasteiger charge is -2.00. The van der Waals surface area contributed by atoms with Gasteiger partial charge in [-0.05, 0) is 37.3 Å². The summed E-state index contributed by atoms with van der Waals surface area (Å²) in [6, 6.07) is 2.14. The first kappa shape index (κ1) is 12.0. The summed E-state index contributed by atoms with van der Waals surface area (Å²) in [5.41, 5.74) is 1.10. The van der Waals surface area contributed by atoms with Crippen molar-refractivity contribution in [1.82, 2.24) is 9.78 Å². The summed E-state index contributed by atoms with van der Waals surface area (Å²) in [6.45, 7) is 2.03. The molecule has 0 aliphatic heterocycles. The summed E-state index contributed by atoms with van der Waals surface area (Å²) in [7, 11) is 2.00. The van der Waals surface area contributed by atoms with Crippen LogP contribution in [-0.4, -0.2) is 21.3 Å². The van der Waals surface area contributed by atoms with Gasteiger partial charge in [0.15, 0.2) is 0 Å². The second-order valence-corrected chi connectivity index (χ2v) is 4.94. The van der Waals surface area contributed by atoms with Crippen LogP contribution in [0.1, 0.15) is 25.0 Å². The fourth-order valence-electron chi connectivity index (χ4n) is 1.29. The van der Waals surface area contributed by atoms with Gasteiger partial charge in [0.25, 0.3) is 0 Å². The van der Waals surface area contributed by atoms with Crippen LogP contribution in [0, 0.1) is 6.92 Å². The van der Waals surface area contributed by atoms with Crippen LogP contribution < -0.4 is 0 Å². The van der Waals surface area contributed by atoms with Crippen LogP contribution in [0.3, 0.4) is 0 Å². The van der Waals surface area contributed by atoms with E-state index in [1.165, 1.54) is 30.0 Å². The zero-order chi connectivity index (χ0) is 10.4. The summed E-state index contributed by atoms with van der Waals surface area (Å²) in [5, 5.41) is 5.58. The standard InChI is InChI=1S/C10H18N2S2/c1-9-8-10(12(2)11-9)14-7-5-3-4-6-13/h8,13H,3-7H2,1-2H3. The molecule has 0 saturated heterocycles. The lowest BCUT2D eigenvalue weighted by molar-refractivity contribution is 0.691. The highest BCUT2D eigenvalue weighted by Crippen LogP contribution is 2.19. The minimum absolute atomic E-state index is 1.01. The fourth-order valence-corrected chi connectivity index (χ4v) is 2.55. The maximum atomic E-state index is 4.31. The van der Waals surface area contributed by atoms with E-state index in [2.05, 4.69) is 23.8 Å². The first-order valence-electron chi connectivity index (χ1n) is 4.98. The number of rotatable bonds is 6. The van der Waals surface area contributed by atoms with E-state index in [0.29, 0.717) is 0 Å². The monoisotopic (exact) mass is 230 g/mol. The quantitative estimate of drug-likeness (QED) is 0.460. The molecular formula is C10H18N2S2. The van der Waals surface area contributed by atoms with Crippen LogP contribution in [-0.2, 0) is 7.05 Å². The molecule has 0 saturated carbocycles. The Morgan fingerprint density at radius 1 is 1.43 bits per heavy atom. The summed E-state index contributed by atoms with van der Waals surface area (Å²) >= 11 is 6.09. The van der Waals surface area contributed by atoms with Gasteiger partial charge in [0.1, 0.15) is 0 Å². The molecule has 0 unspecified atom stereocenters. The zero-order valence-electron chi connectivity index (χ0n) is 8.86. The first-order valence-corrected chi connectivity index (χ1v) is 6.60. The van der Waals surface area contributed by atoms with E-state index >= 15 is 0 Å². The highest BCUT2D eigenvalue weighted by Gasteiger charge is 2.01. The third-order valence-electron chi connectivity index (χ3n) is 2.01. The van der Waals surface area contributed by atoms with Gasteiger partial charge in [-0.15, -0.1) is 11.8 Å². The van der Waals surface area contributed by atoms with Crippen molar-refractivity contribution in [3.63, 3.8) is 0 Å². The summed E-state index contributed by atoms with van der Waals surface area (Å²) in [6.07, 6.45) is 3.79. The normalized spacial score (nSPS) is 10.8. The van der Waals surface area contributed by atoms with Crippen molar-refractivity contribution in [3.8, 4) is 0 Å². The molecule has 0 amide bonds. The molecule has 4 heteroatoms. The van der Waals surface area contributed by atoms with Crippen molar-refractivity contribution in [2.45, 2.75) is 31.2 Å². The number of aryl methyl sites for hydroxylation is 2. The Balaban J connectivity index is 2.21. The lowest BCUT2D eigenvalue weighted by Crippen LogP contribution is -1.93. The average molecular weight is 230 g/mol. The maximum absolute atomic E-state index is 4.31. The molecule has 0 bridgehead atoms. The van der Waals surface area contributed by atoms with Gasteiger partial charge < -0.3 is 0 Å². The lowest BCUT2D eigenvalue weighted by atomic mass is 10.3. The molecule has 1 aromatic rings. The average Bonchev–Trinajstić information content (AvgIpc) is 2.45. The third kappa shape index (κ3) is 3.96. The third-order valence-corrected chi connectivity index (χ3v) is 3.50. The molecule has 14 heavy (non-hydrogen) atoms. The SMILES string of the molecule is Cc1cc(SCCCCCS)n(C)n1. The molecule has 0 fully saturated rings. The van der Waals surface area contributed by atoms with Crippen molar-refractivity contribution in [2.24, 2.45) is 7.05 Å². The molecule has 0 aliphatic carbocycles. The molecule has 1 rings (SSSR count). The number of thiol groups is 1. The molecule has 0 aliphatic rings. The predicted molar refractivity (Wildman–Crippen MR) is 66.4 cm³/mol. The second kappa shape index (κ2) is 6.40. The van der Waals surface area contributed by atoms with Crippen molar-refractivity contribution in [2.75, 3.05) is 11.5 Å². The van der Waals surface area contributed by atoms with Crippen molar-refractivity contribution in [1.29, 1.82) is 0 Å². The fraction of sp³-hybridized carbons (Fsp3) is 0.700. The molecule has 0 aromatic carbocycles. The number of hydrogen-bond donors (Lipinski definition) is 1. The second-order valence-electron chi connectivity index (χ2n) is 3.38. The smallest absolute Gasteiger partial charge is 0.0939 e. The van der Waals surface area contributed by atoms with Crippen LogP contribution in [0.4, 0.5) is 0 Å². The molecule has 0 spiro atoms. The van der Waals surface area contributed by atoms with E-state index in [9.17, 15) is 0 Å². The Hall–Kier alpha value is -0.0900. The van der Waals surface area contributed by atoms with Crippen LogP contribution in [0.25, 0.3) is 0 Å². The predicted octanol–water partition coefficient (Wildman–Crippen LogP) is 2.92. The largest absolute Gasteiger partial charge is 0.262 e. The van der Waals surface area contributed by atoms with Gasteiger partial charge >= 0.3 is 0 Å². The Morgan fingerprint density at radius 2 is 2.21 bits per heavy atom. The molecule has 1 aromatic heterocycles. The van der Waals surface area contributed by atoms with Gasteiger partial charge in [0.05, 0.1) is 10.7 Å². The van der Waals surface area contributed by atoms with Gasteiger partial charge in [0, 0.05) is 7.05 Å². The van der Waals surface area contributed by atoms with Crippen LogP contribution in [0.5, 0.6) is 0 Å². The van der Waals surface area contributed by atoms with E-state index in [1.807, 2.05) is 30.4 Å². The van der Waals surface area contributed by atoms with Gasteiger partial charge in [-0.3, -0.25) is 4.68 Å². The number of thioether (sulfide) groups is 1. The minimum atomic E-state index is 1.01. The van der Waals surface area contributed by atoms with Crippen LogP contribution in [0.2, 0.25) is 0 Å². The molecule has 0 radical (unpaired) electrons. The Bertz CT molecular complexity index is 271. The van der Waals surface area contributed by atoms with Crippen molar-refractivity contribution in [3.05, 3.63) is 11.8 Å². The molecule has 80 valence electrons. The molecule has 1 heterocycles.